The number of nitrogens with one attached hydrogen (secondary N) is 1. The zero-order valence-electron chi connectivity index (χ0n) is 15.0. The van der Waals surface area contributed by atoms with Crippen LogP contribution in [0.3, 0.4) is 0 Å². The predicted molar refractivity (Wildman–Crippen MR) is 104 cm³/mol. The topological polar surface area (TPSA) is 60.5 Å². The minimum absolute atomic E-state index is 0.178. The van der Waals surface area contributed by atoms with Crippen LogP contribution < -0.4 is 14.8 Å². The van der Waals surface area contributed by atoms with Crippen LogP contribution >= 0.6 is 11.6 Å². The van der Waals surface area contributed by atoms with Crippen molar-refractivity contribution in [3.8, 4) is 11.5 Å². The van der Waals surface area contributed by atoms with Crippen molar-refractivity contribution in [1.29, 1.82) is 0 Å². The molecular weight excluding hydrogens is 352 g/mol. The number of halogens is 1. The quantitative estimate of drug-likeness (QED) is 0.676. The maximum absolute atomic E-state index is 11.9. The molecule has 0 radical (unpaired) electrons. The summed E-state index contributed by atoms with van der Waals surface area (Å²) >= 11 is 6.27. The number of hydrogen-bond acceptors (Lipinski definition) is 4. The van der Waals surface area contributed by atoms with E-state index in [2.05, 4.69) is 10.3 Å². The zero-order valence-corrected chi connectivity index (χ0v) is 15.8. The minimum atomic E-state index is -0.178. The summed E-state index contributed by atoms with van der Waals surface area (Å²) in [5.41, 5.74) is 1.70. The minimum Gasteiger partial charge on any atom is -0.493 e. The Balaban J connectivity index is 1.94. The maximum Gasteiger partial charge on any atom is 0.244 e. The lowest BCUT2D eigenvalue weighted by atomic mass is 10.2. The van der Waals surface area contributed by atoms with E-state index in [-0.39, 0.29) is 5.91 Å². The van der Waals surface area contributed by atoms with Gasteiger partial charge in [0.1, 0.15) is 0 Å². The van der Waals surface area contributed by atoms with Crippen LogP contribution in [-0.4, -0.2) is 31.2 Å². The number of carbonyl (C=O) groups is 1. The van der Waals surface area contributed by atoms with E-state index in [0.29, 0.717) is 36.1 Å². The number of pyridine rings is 1. The lowest BCUT2D eigenvalue weighted by Gasteiger charge is -2.12. The number of nitrogens with zero attached hydrogens (tertiary/aromatic N) is 1. The summed E-state index contributed by atoms with van der Waals surface area (Å²) in [6.45, 7) is 3.10. The van der Waals surface area contributed by atoms with Gasteiger partial charge in [0.15, 0.2) is 11.5 Å². The second-order valence-electron chi connectivity index (χ2n) is 5.58. The Hall–Kier alpha value is -2.53. The summed E-state index contributed by atoms with van der Waals surface area (Å²) in [5, 5.41) is 3.28. The van der Waals surface area contributed by atoms with Gasteiger partial charge in [0.05, 0.1) is 18.7 Å². The Kier molecular flexibility index (Phi) is 7.96. The third-order valence-corrected chi connectivity index (χ3v) is 3.82. The Morgan fingerprint density at radius 2 is 2.19 bits per heavy atom. The number of carbonyl (C=O) groups excluding carboxylic acids is 1. The van der Waals surface area contributed by atoms with Gasteiger partial charge in [-0.05, 0) is 42.3 Å². The van der Waals surface area contributed by atoms with Gasteiger partial charge < -0.3 is 14.8 Å². The number of ether oxygens (including phenoxy) is 2. The van der Waals surface area contributed by atoms with Crippen molar-refractivity contribution in [2.45, 2.75) is 19.8 Å². The number of aromatic nitrogens is 1. The van der Waals surface area contributed by atoms with E-state index in [1.807, 2.05) is 25.1 Å². The molecule has 0 aliphatic heterocycles. The third-order valence-electron chi connectivity index (χ3n) is 3.54. The number of benzene rings is 1. The summed E-state index contributed by atoms with van der Waals surface area (Å²) in [5.74, 6) is 0.886. The maximum atomic E-state index is 11.9. The molecular formula is C20H23ClN2O3. The molecule has 0 aliphatic rings. The Bertz CT molecular complexity index is 748. The molecule has 138 valence electrons. The molecule has 1 N–H and O–H groups in total. The van der Waals surface area contributed by atoms with Crippen LogP contribution in [0.25, 0.3) is 6.08 Å². The van der Waals surface area contributed by atoms with Crippen LogP contribution in [0.5, 0.6) is 11.5 Å². The molecule has 0 atom stereocenters. The molecule has 5 nitrogen and oxygen atoms in total. The second kappa shape index (κ2) is 10.5. The van der Waals surface area contributed by atoms with Gasteiger partial charge in [0, 0.05) is 30.9 Å². The van der Waals surface area contributed by atoms with Crippen molar-refractivity contribution in [3.05, 3.63) is 58.9 Å². The van der Waals surface area contributed by atoms with Crippen molar-refractivity contribution >= 4 is 23.6 Å². The van der Waals surface area contributed by atoms with Crippen LogP contribution in [0.2, 0.25) is 5.02 Å². The van der Waals surface area contributed by atoms with Gasteiger partial charge in [-0.3, -0.25) is 9.78 Å². The first kappa shape index (κ1) is 19.8. The van der Waals surface area contributed by atoms with Crippen molar-refractivity contribution in [3.63, 3.8) is 0 Å². The van der Waals surface area contributed by atoms with E-state index in [9.17, 15) is 4.79 Å². The van der Waals surface area contributed by atoms with Crippen LogP contribution in [0.1, 0.15) is 24.6 Å². The molecule has 1 aromatic carbocycles. The molecule has 0 spiro atoms. The van der Waals surface area contributed by atoms with Crippen molar-refractivity contribution < 1.29 is 14.3 Å². The average molecular weight is 375 g/mol. The summed E-state index contributed by atoms with van der Waals surface area (Å²) in [7, 11) is 1.56. The van der Waals surface area contributed by atoms with E-state index in [0.717, 1.165) is 17.7 Å². The average Bonchev–Trinajstić information content (AvgIpc) is 2.66. The number of hydrogen-bond donors (Lipinski definition) is 1. The largest absolute Gasteiger partial charge is 0.493 e. The molecule has 0 bridgehead atoms. The number of amides is 1. The summed E-state index contributed by atoms with van der Waals surface area (Å²) in [6.07, 6.45) is 6.45. The summed E-state index contributed by atoms with van der Waals surface area (Å²) in [4.78, 5) is 16.2. The number of rotatable bonds is 9. The van der Waals surface area contributed by atoms with Crippen molar-refractivity contribution in [1.82, 2.24) is 10.3 Å². The van der Waals surface area contributed by atoms with Gasteiger partial charge in [-0.2, -0.15) is 0 Å². The van der Waals surface area contributed by atoms with Gasteiger partial charge in [-0.25, -0.2) is 0 Å². The van der Waals surface area contributed by atoms with Gasteiger partial charge >= 0.3 is 0 Å². The van der Waals surface area contributed by atoms with Crippen LogP contribution in [0.4, 0.5) is 0 Å². The van der Waals surface area contributed by atoms with Gasteiger partial charge in [0.25, 0.3) is 0 Å². The van der Waals surface area contributed by atoms with E-state index >= 15 is 0 Å². The zero-order chi connectivity index (χ0) is 18.8. The van der Waals surface area contributed by atoms with Crippen molar-refractivity contribution in [2.75, 3.05) is 20.3 Å². The Morgan fingerprint density at radius 1 is 1.35 bits per heavy atom. The smallest absolute Gasteiger partial charge is 0.244 e. The highest BCUT2D eigenvalue weighted by Crippen LogP contribution is 2.36. The van der Waals surface area contributed by atoms with E-state index in [1.54, 1.807) is 31.5 Å². The fourth-order valence-corrected chi connectivity index (χ4v) is 2.54. The van der Waals surface area contributed by atoms with Gasteiger partial charge in [0.2, 0.25) is 5.91 Å². The first-order valence-corrected chi connectivity index (χ1v) is 8.88. The van der Waals surface area contributed by atoms with Crippen LogP contribution in [0, 0.1) is 0 Å². The highest BCUT2D eigenvalue weighted by molar-refractivity contribution is 6.32. The molecule has 0 saturated carbocycles. The normalized spacial score (nSPS) is 10.7. The molecule has 6 heteroatoms. The van der Waals surface area contributed by atoms with Crippen LogP contribution in [-0.2, 0) is 11.2 Å². The molecule has 1 heterocycles. The standard InChI is InChI=1S/C20H23ClN2O3/c1-3-12-26-20-17(21)13-15(14-18(20)25-2)7-8-19(24)23-11-9-16-6-4-5-10-22-16/h4-8,10,13-14H,3,9,11-12H2,1-2H3,(H,23,24)/b8-7+. The monoisotopic (exact) mass is 374 g/mol. The number of methoxy groups -OCH3 is 1. The summed E-state index contributed by atoms with van der Waals surface area (Å²) < 4.78 is 11.0. The lowest BCUT2D eigenvalue weighted by molar-refractivity contribution is -0.116. The fraction of sp³-hybridized carbons (Fsp3) is 0.300. The molecule has 0 aliphatic carbocycles. The van der Waals surface area contributed by atoms with E-state index in [4.69, 9.17) is 21.1 Å². The molecule has 1 amide bonds. The molecule has 1 aromatic heterocycles. The van der Waals surface area contributed by atoms with E-state index in [1.165, 1.54) is 6.08 Å². The predicted octanol–water partition coefficient (Wildman–Crippen LogP) is 3.90. The lowest BCUT2D eigenvalue weighted by Crippen LogP contribution is -2.23. The second-order valence-corrected chi connectivity index (χ2v) is 5.99. The highest BCUT2D eigenvalue weighted by Gasteiger charge is 2.11. The van der Waals surface area contributed by atoms with Crippen molar-refractivity contribution in [2.24, 2.45) is 0 Å². The molecule has 2 rings (SSSR count). The highest BCUT2D eigenvalue weighted by atomic mass is 35.5. The first-order chi connectivity index (χ1) is 12.6. The Labute approximate surface area is 159 Å². The summed E-state index contributed by atoms with van der Waals surface area (Å²) in [6, 6.07) is 9.25. The SMILES string of the molecule is CCCOc1c(Cl)cc(/C=C/C(=O)NCCc2ccccn2)cc1OC. The molecule has 0 fully saturated rings. The molecule has 0 unspecified atom stereocenters. The van der Waals surface area contributed by atoms with Gasteiger partial charge in [-0.15, -0.1) is 0 Å². The molecule has 26 heavy (non-hydrogen) atoms. The molecule has 0 saturated heterocycles. The van der Waals surface area contributed by atoms with E-state index < -0.39 is 0 Å². The Morgan fingerprint density at radius 3 is 2.88 bits per heavy atom. The molecule has 2 aromatic rings. The van der Waals surface area contributed by atoms with Crippen LogP contribution in [0.15, 0.2) is 42.6 Å². The fourth-order valence-electron chi connectivity index (χ4n) is 2.27. The third kappa shape index (κ3) is 6.08. The first-order valence-electron chi connectivity index (χ1n) is 8.50. The van der Waals surface area contributed by atoms with Gasteiger partial charge in [-0.1, -0.05) is 24.6 Å².